The van der Waals surface area contributed by atoms with Crippen LogP contribution >= 0.6 is 12.2 Å². The third-order valence-corrected chi connectivity index (χ3v) is 2.95. The summed E-state index contributed by atoms with van der Waals surface area (Å²) < 4.78 is 18.7. The van der Waals surface area contributed by atoms with Crippen LogP contribution in [-0.4, -0.2) is 11.6 Å². The molecule has 0 atom stereocenters. The van der Waals surface area contributed by atoms with Crippen molar-refractivity contribution in [2.24, 2.45) is 5.73 Å². The number of nitrogens with two attached hydrogens (primary N) is 1. The highest BCUT2D eigenvalue weighted by Crippen LogP contribution is 2.13. The van der Waals surface area contributed by atoms with Crippen LogP contribution in [0.2, 0.25) is 0 Å². The van der Waals surface area contributed by atoms with E-state index in [1.807, 2.05) is 0 Å². The van der Waals surface area contributed by atoms with E-state index in [1.165, 1.54) is 31.4 Å². The Morgan fingerprint density at radius 1 is 1.33 bits per heavy atom. The lowest BCUT2D eigenvalue weighted by Crippen LogP contribution is -2.13. The van der Waals surface area contributed by atoms with Crippen molar-refractivity contribution in [1.82, 2.24) is 0 Å². The fourth-order valence-electron chi connectivity index (χ4n) is 1.74. The lowest BCUT2D eigenvalue weighted by molar-refractivity contribution is 0.116. The quantitative estimate of drug-likeness (QED) is 0.579. The topological polar surface area (TPSA) is 35.2 Å². The summed E-state index contributed by atoms with van der Waals surface area (Å²) in [5.41, 5.74) is 7.00. The van der Waals surface area contributed by atoms with Crippen molar-refractivity contribution in [3.63, 3.8) is 0 Å². The smallest absolute Gasteiger partial charge is 0.123 e. The minimum Gasteiger partial charge on any atom is -0.389 e. The highest BCUT2D eigenvalue weighted by Gasteiger charge is 2.06. The van der Waals surface area contributed by atoms with Gasteiger partial charge in [-0.2, -0.15) is 0 Å². The Labute approximate surface area is 113 Å². The van der Waals surface area contributed by atoms with Gasteiger partial charge in [-0.05, 0) is 30.2 Å². The standard InChI is InChI=1S/C14H20FNOS/c1-2-3-4-5-8-17-10-11-9-12(15)6-7-13(11)14(16)18/h6-7,9H,2-5,8,10H2,1H3,(H2,16,18). The molecule has 0 amide bonds. The van der Waals surface area contributed by atoms with Crippen molar-refractivity contribution in [2.45, 2.75) is 39.2 Å². The molecule has 4 heteroatoms. The number of thiocarbonyl (C=S) groups is 1. The molecule has 1 aromatic carbocycles. The van der Waals surface area contributed by atoms with Gasteiger partial charge in [0.1, 0.15) is 10.8 Å². The Balaban J connectivity index is 2.45. The van der Waals surface area contributed by atoms with E-state index < -0.39 is 0 Å². The summed E-state index contributed by atoms with van der Waals surface area (Å²) in [6.45, 7) is 3.21. The molecule has 18 heavy (non-hydrogen) atoms. The van der Waals surface area contributed by atoms with Gasteiger partial charge in [-0.15, -0.1) is 0 Å². The molecule has 0 aliphatic rings. The Morgan fingerprint density at radius 3 is 2.78 bits per heavy atom. The third kappa shape index (κ3) is 5.10. The largest absolute Gasteiger partial charge is 0.389 e. The van der Waals surface area contributed by atoms with Crippen molar-refractivity contribution in [2.75, 3.05) is 6.61 Å². The Kier molecular flexibility index (Phi) is 6.83. The van der Waals surface area contributed by atoms with Crippen LogP contribution in [-0.2, 0) is 11.3 Å². The summed E-state index contributed by atoms with van der Waals surface area (Å²) in [6.07, 6.45) is 4.63. The summed E-state index contributed by atoms with van der Waals surface area (Å²) in [4.78, 5) is 0.277. The maximum absolute atomic E-state index is 13.1. The molecule has 0 spiro atoms. The molecule has 0 radical (unpaired) electrons. The van der Waals surface area contributed by atoms with E-state index in [1.54, 1.807) is 6.07 Å². The Bertz CT molecular complexity index is 395. The van der Waals surface area contributed by atoms with E-state index in [2.05, 4.69) is 6.92 Å². The summed E-state index contributed by atoms with van der Waals surface area (Å²) in [6, 6.07) is 4.40. The molecule has 0 heterocycles. The average Bonchev–Trinajstić information content (AvgIpc) is 2.33. The van der Waals surface area contributed by atoms with E-state index in [-0.39, 0.29) is 10.8 Å². The van der Waals surface area contributed by atoms with Gasteiger partial charge in [-0.3, -0.25) is 0 Å². The SMILES string of the molecule is CCCCCCOCc1cc(F)ccc1C(N)=S. The minimum atomic E-state index is -0.292. The van der Waals surface area contributed by atoms with Gasteiger partial charge in [0, 0.05) is 12.2 Å². The van der Waals surface area contributed by atoms with Crippen molar-refractivity contribution in [3.8, 4) is 0 Å². The summed E-state index contributed by atoms with van der Waals surface area (Å²) in [7, 11) is 0. The summed E-state index contributed by atoms with van der Waals surface area (Å²) >= 11 is 4.93. The molecule has 0 saturated carbocycles. The number of benzene rings is 1. The van der Waals surface area contributed by atoms with Gasteiger partial charge < -0.3 is 10.5 Å². The van der Waals surface area contributed by atoms with E-state index in [4.69, 9.17) is 22.7 Å². The van der Waals surface area contributed by atoms with Crippen LogP contribution in [0.15, 0.2) is 18.2 Å². The molecule has 2 nitrogen and oxygen atoms in total. The number of unbranched alkanes of at least 4 members (excludes halogenated alkanes) is 3. The van der Waals surface area contributed by atoms with Crippen LogP contribution in [0.1, 0.15) is 43.7 Å². The zero-order valence-electron chi connectivity index (χ0n) is 10.7. The van der Waals surface area contributed by atoms with Gasteiger partial charge >= 0.3 is 0 Å². The predicted octanol–water partition coefficient (Wildman–Crippen LogP) is 3.56. The first kappa shape index (κ1) is 15.1. The van der Waals surface area contributed by atoms with Gasteiger partial charge in [0.2, 0.25) is 0 Å². The fourth-order valence-corrected chi connectivity index (χ4v) is 1.93. The molecule has 1 aromatic rings. The zero-order chi connectivity index (χ0) is 13.4. The van der Waals surface area contributed by atoms with Crippen LogP contribution in [0.3, 0.4) is 0 Å². The van der Waals surface area contributed by atoms with Gasteiger partial charge in [-0.1, -0.05) is 38.4 Å². The second kappa shape index (κ2) is 8.16. The molecule has 0 aliphatic carbocycles. The first-order valence-corrected chi connectivity index (χ1v) is 6.72. The molecule has 0 aromatic heterocycles. The molecule has 100 valence electrons. The highest BCUT2D eigenvalue weighted by molar-refractivity contribution is 7.80. The number of hydrogen-bond donors (Lipinski definition) is 1. The first-order valence-electron chi connectivity index (χ1n) is 6.31. The van der Waals surface area contributed by atoms with Gasteiger partial charge in [0.05, 0.1) is 6.61 Å². The maximum Gasteiger partial charge on any atom is 0.123 e. The van der Waals surface area contributed by atoms with E-state index >= 15 is 0 Å². The highest BCUT2D eigenvalue weighted by atomic mass is 32.1. The second-order valence-corrected chi connectivity index (χ2v) is 4.72. The van der Waals surface area contributed by atoms with Gasteiger partial charge in [-0.25, -0.2) is 4.39 Å². The van der Waals surface area contributed by atoms with Crippen molar-refractivity contribution in [1.29, 1.82) is 0 Å². The molecule has 1 rings (SSSR count). The zero-order valence-corrected chi connectivity index (χ0v) is 11.6. The summed E-state index contributed by atoms with van der Waals surface area (Å²) in [5.74, 6) is -0.292. The van der Waals surface area contributed by atoms with E-state index in [0.717, 1.165) is 12.0 Å². The van der Waals surface area contributed by atoms with E-state index in [0.29, 0.717) is 18.8 Å². The molecule has 0 aliphatic heterocycles. The lowest BCUT2D eigenvalue weighted by atomic mass is 10.1. The molecular formula is C14H20FNOS. The lowest BCUT2D eigenvalue weighted by Gasteiger charge is -2.09. The van der Waals surface area contributed by atoms with Crippen molar-refractivity contribution >= 4 is 17.2 Å². The van der Waals surface area contributed by atoms with Crippen molar-refractivity contribution < 1.29 is 9.13 Å². The Morgan fingerprint density at radius 2 is 2.11 bits per heavy atom. The van der Waals surface area contributed by atoms with Crippen LogP contribution in [0, 0.1) is 5.82 Å². The molecule has 2 N–H and O–H groups in total. The first-order chi connectivity index (χ1) is 8.65. The van der Waals surface area contributed by atoms with E-state index in [9.17, 15) is 4.39 Å². The molecule has 0 bridgehead atoms. The second-order valence-electron chi connectivity index (χ2n) is 4.28. The molecule has 0 fully saturated rings. The normalized spacial score (nSPS) is 10.6. The number of hydrogen-bond acceptors (Lipinski definition) is 2. The van der Waals surface area contributed by atoms with Gasteiger partial charge in [0.25, 0.3) is 0 Å². The number of ether oxygens (including phenoxy) is 1. The predicted molar refractivity (Wildman–Crippen MR) is 76.1 cm³/mol. The molecular weight excluding hydrogens is 249 g/mol. The molecule has 0 saturated heterocycles. The third-order valence-electron chi connectivity index (χ3n) is 2.73. The monoisotopic (exact) mass is 269 g/mol. The maximum atomic E-state index is 13.1. The van der Waals surface area contributed by atoms with Crippen molar-refractivity contribution in [3.05, 3.63) is 35.1 Å². The van der Waals surface area contributed by atoms with Crippen LogP contribution < -0.4 is 5.73 Å². The van der Waals surface area contributed by atoms with Gasteiger partial charge in [0.15, 0.2) is 0 Å². The van der Waals surface area contributed by atoms with Crippen LogP contribution in [0.4, 0.5) is 4.39 Å². The molecule has 0 unspecified atom stereocenters. The summed E-state index contributed by atoms with van der Waals surface area (Å²) in [5, 5.41) is 0. The van der Waals surface area contributed by atoms with Crippen LogP contribution in [0.5, 0.6) is 0 Å². The number of halogens is 1. The minimum absolute atomic E-state index is 0.277. The fraction of sp³-hybridized carbons (Fsp3) is 0.500. The Hall–Kier alpha value is -1.00. The van der Waals surface area contributed by atoms with Crippen LogP contribution in [0.25, 0.3) is 0 Å². The number of rotatable bonds is 8. The average molecular weight is 269 g/mol.